The topological polar surface area (TPSA) is 43.8 Å². The second-order valence-electron chi connectivity index (χ2n) is 4.22. The minimum Gasteiger partial charge on any atom is -0.396 e. The monoisotopic (exact) mass is 373 g/mol. The van der Waals surface area contributed by atoms with Crippen LogP contribution in [0.4, 0.5) is 18.9 Å². The number of benzene rings is 1. The predicted octanol–water partition coefficient (Wildman–Crippen LogP) is 4.36. The van der Waals surface area contributed by atoms with Crippen molar-refractivity contribution in [1.29, 1.82) is 0 Å². The van der Waals surface area contributed by atoms with E-state index in [0.717, 1.165) is 20.1 Å². The van der Waals surface area contributed by atoms with E-state index in [4.69, 9.17) is 5.73 Å². The van der Waals surface area contributed by atoms with Gasteiger partial charge in [0.25, 0.3) is 0 Å². The van der Waals surface area contributed by atoms with Crippen LogP contribution in [0, 0.1) is 17.5 Å². The summed E-state index contributed by atoms with van der Waals surface area (Å²) in [5.74, 6) is -3.32. The molecule has 3 nitrogen and oxygen atoms in total. The molecule has 8 heteroatoms. The molecule has 0 unspecified atom stereocenters. The molecule has 0 aliphatic rings. The number of nitrogens with two attached hydrogens (primary N) is 1. The van der Waals surface area contributed by atoms with Gasteiger partial charge in [0.2, 0.25) is 0 Å². The van der Waals surface area contributed by atoms with E-state index in [2.05, 4.69) is 21.0 Å². The number of thiophene rings is 1. The Morgan fingerprint density at radius 1 is 1.10 bits per heavy atom. The van der Waals surface area contributed by atoms with Gasteiger partial charge in [0, 0.05) is 22.0 Å². The van der Waals surface area contributed by atoms with E-state index < -0.39 is 17.5 Å². The van der Waals surface area contributed by atoms with Gasteiger partial charge < -0.3 is 5.73 Å². The Balaban J connectivity index is 2.11. The fraction of sp³-hybridized carbons (Fsp3) is 0. The third-order valence-corrected chi connectivity index (χ3v) is 4.48. The van der Waals surface area contributed by atoms with E-state index in [-0.39, 0.29) is 5.69 Å². The van der Waals surface area contributed by atoms with Crippen LogP contribution in [0.1, 0.15) is 0 Å². The lowest BCUT2D eigenvalue weighted by molar-refractivity contribution is 0.491. The van der Waals surface area contributed by atoms with Gasteiger partial charge in [-0.25, -0.2) is 17.9 Å². The molecule has 0 bridgehead atoms. The van der Waals surface area contributed by atoms with Gasteiger partial charge in [-0.05, 0) is 22.0 Å². The molecule has 3 aromatic rings. The zero-order valence-corrected chi connectivity index (χ0v) is 12.7. The first kappa shape index (κ1) is 14.2. The molecule has 0 saturated heterocycles. The van der Waals surface area contributed by atoms with Crippen molar-refractivity contribution in [3.05, 3.63) is 51.7 Å². The Kier molecular flexibility index (Phi) is 3.50. The van der Waals surface area contributed by atoms with Crippen LogP contribution in [0.3, 0.4) is 0 Å². The molecular weight excluding hydrogens is 367 g/mol. The highest BCUT2D eigenvalue weighted by Gasteiger charge is 2.16. The van der Waals surface area contributed by atoms with Crippen molar-refractivity contribution >= 4 is 33.0 Å². The van der Waals surface area contributed by atoms with Crippen LogP contribution in [-0.2, 0) is 0 Å². The van der Waals surface area contributed by atoms with Crippen LogP contribution in [0.5, 0.6) is 0 Å². The number of nitrogens with zero attached hydrogens (tertiary/aromatic N) is 2. The van der Waals surface area contributed by atoms with Crippen molar-refractivity contribution in [1.82, 2.24) is 9.78 Å². The van der Waals surface area contributed by atoms with E-state index in [0.29, 0.717) is 17.4 Å². The summed E-state index contributed by atoms with van der Waals surface area (Å²) in [5, 5.41) is 6.00. The summed E-state index contributed by atoms with van der Waals surface area (Å²) in [6.45, 7) is 0. The highest BCUT2D eigenvalue weighted by molar-refractivity contribution is 9.10. The van der Waals surface area contributed by atoms with Crippen molar-refractivity contribution in [2.75, 3.05) is 5.73 Å². The second kappa shape index (κ2) is 5.19. The average Bonchev–Trinajstić information content (AvgIpc) is 3.00. The fourth-order valence-electron chi connectivity index (χ4n) is 1.83. The molecule has 0 saturated carbocycles. The largest absolute Gasteiger partial charge is 0.396 e. The van der Waals surface area contributed by atoms with Crippen LogP contribution in [0.25, 0.3) is 16.3 Å². The molecule has 3 rings (SSSR count). The Labute approximate surface area is 129 Å². The Morgan fingerprint density at radius 3 is 2.48 bits per heavy atom. The molecule has 1 aromatic carbocycles. The average molecular weight is 374 g/mol. The van der Waals surface area contributed by atoms with Gasteiger partial charge in [-0.15, -0.1) is 11.3 Å². The van der Waals surface area contributed by atoms with Gasteiger partial charge in [-0.2, -0.15) is 5.10 Å². The first-order chi connectivity index (χ1) is 9.95. The van der Waals surface area contributed by atoms with Gasteiger partial charge in [0.1, 0.15) is 11.4 Å². The summed E-state index contributed by atoms with van der Waals surface area (Å²) in [6.07, 6.45) is 1.36. The Hall–Kier alpha value is -1.80. The normalized spacial score (nSPS) is 11.0. The number of halogens is 4. The summed E-state index contributed by atoms with van der Waals surface area (Å²) < 4.78 is 41.9. The summed E-state index contributed by atoms with van der Waals surface area (Å²) in [7, 11) is 0. The van der Waals surface area contributed by atoms with Crippen LogP contribution in [0.15, 0.2) is 34.2 Å². The first-order valence-corrected chi connectivity index (χ1v) is 7.37. The van der Waals surface area contributed by atoms with Gasteiger partial charge in [-0.1, -0.05) is 0 Å². The summed E-state index contributed by atoms with van der Waals surface area (Å²) >= 11 is 4.72. The quantitative estimate of drug-likeness (QED) is 0.678. The molecule has 0 atom stereocenters. The molecule has 2 N–H and O–H groups in total. The van der Waals surface area contributed by atoms with Crippen molar-refractivity contribution < 1.29 is 13.2 Å². The Morgan fingerprint density at radius 2 is 1.81 bits per heavy atom. The maximum absolute atomic E-state index is 13.8. The van der Waals surface area contributed by atoms with Gasteiger partial charge in [0.15, 0.2) is 17.5 Å². The van der Waals surface area contributed by atoms with Gasteiger partial charge in [0.05, 0.1) is 16.8 Å². The third-order valence-electron chi connectivity index (χ3n) is 2.78. The molecule has 0 aliphatic carbocycles. The molecule has 0 amide bonds. The minimum atomic E-state index is -1.25. The molecule has 2 heterocycles. The van der Waals surface area contributed by atoms with Crippen LogP contribution >= 0.6 is 27.3 Å². The smallest absolute Gasteiger partial charge is 0.161 e. The van der Waals surface area contributed by atoms with E-state index in [1.165, 1.54) is 17.5 Å². The van der Waals surface area contributed by atoms with Crippen molar-refractivity contribution in [3.8, 4) is 16.3 Å². The van der Waals surface area contributed by atoms with Gasteiger partial charge in [-0.3, -0.25) is 0 Å². The zero-order chi connectivity index (χ0) is 15.1. The first-order valence-electron chi connectivity index (χ1n) is 5.70. The highest BCUT2D eigenvalue weighted by Crippen LogP contribution is 2.33. The van der Waals surface area contributed by atoms with Crippen LogP contribution < -0.4 is 5.73 Å². The summed E-state index contributed by atoms with van der Waals surface area (Å²) in [4.78, 5) is 0.779. The molecular formula is C13H7BrF3N3S. The number of aromatic nitrogens is 2. The number of nitrogen functional groups attached to an aromatic ring is 1. The number of anilines is 1. The van der Waals surface area contributed by atoms with E-state index >= 15 is 0 Å². The molecule has 0 fully saturated rings. The fourth-order valence-corrected chi connectivity index (χ4v) is 3.26. The van der Waals surface area contributed by atoms with E-state index in [1.807, 2.05) is 11.4 Å². The third kappa shape index (κ3) is 2.56. The maximum atomic E-state index is 13.8. The van der Waals surface area contributed by atoms with Crippen LogP contribution in [-0.4, -0.2) is 9.78 Å². The molecule has 21 heavy (non-hydrogen) atoms. The van der Waals surface area contributed by atoms with Crippen molar-refractivity contribution in [2.45, 2.75) is 0 Å². The van der Waals surface area contributed by atoms with Crippen molar-refractivity contribution in [3.63, 3.8) is 0 Å². The lowest BCUT2D eigenvalue weighted by atomic mass is 10.3. The molecule has 108 valence electrons. The van der Waals surface area contributed by atoms with Crippen LogP contribution in [0.2, 0.25) is 0 Å². The van der Waals surface area contributed by atoms with E-state index in [9.17, 15) is 13.2 Å². The lowest BCUT2D eigenvalue weighted by Crippen LogP contribution is -2.01. The van der Waals surface area contributed by atoms with Crippen molar-refractivity contribution in [2.24, 2.45) is 0 Å². The highest BCUT2D eigenvalue weighted by atomic mass is 79.9. The van der Waals surface area contributed by atoms with E-state index in [1.54, 1.807) is 0 Å². The van der Waals surface area contributed by atoms with Gasteiger partial charge >= 0.3 is 0 Å². The standard InChI is InChI=1S/C13H7BrF3N3S/c14-6-1-12(21-5-6)13-10(18)4-20(19-13)11-3-8(16)7(15)2-9(11)17/h1-5H,18H2. The molecule has 0 radical (unpaired) electrons. The zero-order valence-electron chi connectivity index (χ0n) is 10.3. The summed E-state index contributed by atoms with van der Waals surface area (Å²) in [5.41, 5.74) is 6.42. The molecule has 0 aliphatic heterocycles. The SMILES string of the molecule is Nc1cn(-c2cc(F)c(F)cc2F)nc1-c1cc(Br)cs1. The molecule has 0 spiro atoms. The number of hydrogen-bond acceptors (Lipinski definition) is 3. The number of rotatable bonds is 2. The maximum Gasteiger partial charge on any atom is 0.161 e. The molecule has 2 aromatic heterocycles. The predicted molar refractivity (Wildman–Crippen MR) is 78.9 cm³/mol. The lowest BCUT2D eigenvalue weighted by Gasteiger charge is -2.03. The summed E-state index contributed by atoms with van der Waals surface area (Å²) in [6, 6.07) is 3.03. The number of hydrogen-bond donors (Lipinski definition) is 1. The Bertz CT molecular complexity index is 828. The minimum absolute atomic E-state index is 0.206. The second-order valence-corrected chi connectivity index (χ2v) is 6.05.